The Balaban J connectivity index is 1.54. The molecule has 9 nitrogen and oxygen atoms in total. The zero-order valence-electron chi connectivity index (χ0n) is 18.3. The van der Waals surface area contributed by atoms with Gasteiger partial charge in [0, 0.05) is 5.56 Å². The summed E-state index contributed by atoms with van der Waals surface area (Å²) in [6, 6.07) is 7.10. The van der Waals surface area contributed by atoms with Gasteiger partial charge in [-0.1, -0.05) is 18.2 Å². The summed E-state index contributed by atoms with van der Waals surface area (Å²) in [6.07, 6.45) is -4.49. The third kappa shape index (κ3) is 3.83. The van der Waals surface area contributed by atoms with Crippen LogP contribution in [0.3, 0.4) is 0 Å². The van der Waals surface area contributed by atoms with Gasteiger partial charge in [-0.25, -0.2) is 28.4 Å². The number of hydrogen-bond acceptors (Lipinski definition) is 7. The Bertz CT molecular complexity index is 1490. The van der Waals surface area contributed by atoms with E-state index in [1.54, 1.807) is 12.1 Å². The fraction of sp³-hybridized carbons (Fsp3) is 0.227. The molecule has 1 aliphatic rings. The number of amides is 1. The van der Waals surface area contributed by atoms with Crippen LogP contribution in [0.25, 0.3) is 22.6 Å². The standard InChI is InChI=1S/C22H17F5N8O/c23-11-7-12-14(34-35(19(12)30-8-11)9-10-3-1-2-4-13(10)24)18-32-16(28)15(17(29)33-18)31-20(36)21(5-6-21)22(25,26)27/h1-4,7-8H,5-6,9H2,(H,31,36)(H4,28,29,32,33). The van der Waals surface area contributed by atoms with Crippen LogP contribution in [-0.2, 0) is 11.3 Å². The number of nitrogens with one attached hydrogen (secondary N) is 1. The monoisotopic (exact) mass is 504 g/mol. The van der Waals surface area contributed by atoms with E-state index >= 15 is 0 Å². The number of benzene rings is 1. The minimum atomic E-state index is -4.73. The second kappa shape index (κ2) is 8.10. The van der Waals surface area contributed by atoms with E-state index in [1.165, 1.54) is 16.8 Å². The van der Waals surface area contributed by atoms with E-state index in [-0.39, 0.29) is 53.2 Å². The third-order valence-electron chi connectivity index (χ3n) is 5.97. The molecular weight excluding hydrogens is 487 g/mol. The van der Waals surface area contributed by atoms with Crippen molar-refractivity contribution in [1.29, 1.82) is 0 Å². The van der Waals surface area contributed by atoms with Crippen LogP contribution in [-0.4, -0.2) is 36.8 Å². The van der Waals surface area contributed by atoms with Gasteiger partial charge in [0.1, 0.15) is 28.4 Å². The number of rotatable bonds is 5. The van der Waals surface area contributed by atoms with Crippen LogP contribution >= 0.6 is 0 Å². The molecule has 1 aromatic carbocycles. The SMILES string of the molecule is Nc1nc(-c2nn(Cc3ccccc3F)c3ncc(F)cc23)nc(N)c1NC(=O)C1(C(F)(F)F)CC1. The average molecular weight is 504 g/mol. The molecule has 4 aromatic rings. The van der Waals surface area contributed by atoms with Gasteiger partial charge in [-0.2, -0.15) is 18.3 Å². The Morgan fingerprint density at radius 3 is 2.39 bits per heavy atom. The van der Waals surface area contributed by atoms with Crippen molar-refractivity contribution in [3.05, 3.63) is 53.7 Å². The van der Waals surface area contributed by atoms with E-state index in [0.29, 0.717) is 0 Å². The molecule has 0 aliphatic heterocycles. The summed E-state index contributed by atoms with van der Waals surface area (Å²) >= 11 is 0. The third-order valence-corrected chi connectivity index (χ3v) is 5.97. The van der Waals surface area contributed by atoms with Gasteiger partial charge in [0.05, 0.1) is 18.1 Å². The molecule has 186 valence electrons. The van der Waals surface area contributed by atoms with Crippen molar-refractivity contribution < 1.29 is 26.7 Å². The van der Waals surface area contributed by atoms with E-state index in [9.17, 15) is 26.7 Å². The molecule has 1 amide bonds. The van der Waals surface area contributed by atoms with Crippen molar-refractivity contribution in [3.63, 3.8) is 0 Å². The van der Waals surface area contributed by atoms with Gasteiger partial charge in [-0.15, -0.1) is 0 Å². The molecule has 3 heterocycles. The van der Waals surface area contributed by atoms with E-state index in [4.69, 9.17) is 11.5 Å². The van der Waals surface area contributed by atoms with Gasteiger partial charge in [0.2, 0.25) is 5.91 Å². The second-order valence-electron chi connectivity index (χ2n) is 8.35. The van der Waals surface area contributed by atoms with Crippen molar-refractivity contribution in [2.24, 2.45) is 5.41 Å². The highest BCUT2D eigenvalue weighted by molar-refractivity contribution is 6.02. The number of carbonyl (C=O) groups is 1. The first-order valence-electron chi connectivity index (χ1n) is 10.6. The Hall–Kier alpha value is -4.36. The molecule has 0 unspecified atom stereocenters. The van der Waals surface area contributed by atoms with Crippen LogP contribution < -0.4 is 16.8 Å². The van der Waals surface area contributed by atoms with Crippen molar-refractivity contribution in [3.8, 4) is 11.5 Å². The predicted molar refractivity (Wildman–Crippen MR) is 119 cm³/mol. The van der Waals surface area contributed by atoms with Crippen LogP contribution in [0.2, 0.25) is 0 Å². The van der Waals surface area contributed by atoms with Gasteiger partial charge in [0.25, 0.3) is 0 Å². The van der Waals surface area contributed by atoms with Crippen molar-refractivity contribution in [2.75, 3.05) is 16.8 Å². The topological polar surface area (TPSA) is 138 Å². The first-order valence-corrected chi connectivity index (χ1v) is 10.6. The molecule has 14 heteroatoms. The Morgan fingerprint density at radius 2 is 1.78 bits per heavy atom. The van der Waals surface area contributed by atoms with Crippen LogP contribution in [0.15, 0.2) is 36.5 Å². The highest BCUT2D eigenvalue weighted by Gasteiger charge is 2.68. The number of aromatic nitrogens is 5. The maximum atomic E-state index is 14.2. The number of nitrogens with two attached hydrogens (primary N) is 2. The number of hydrogen-bond donors (Lipinski definition) is 3. The zero-order chi connectivity index (χ0) is 25.8. The largest absolute Gasteiger partial charge is 0.403 e. The summed E-state index contributed by atoms with van der Waals surface area (Å²) < 4.78 is 69.4. The fourth-order valence-electron chi connectivity index (χ4n) is 3.82. The normalized spacial score (nSPS) is 14.7. The molecule has 0 bridgehead atoms. The van der Waals surface area contributed by atoms with Gasteiger partial charge in [-0.05, 0) is 25.0 Å². The summed E-state index contributed by atoms with van der Waals surface area (Å²) in [4.78, 5) is 24.4. The average Bonchev–Trinajstić information content (AvgIpc) is 3.56. The quantitative estimate of drug-likeness (QED) is 0.353. The number of fused-ring (bicyclic) bond motifs is 1. The van der Waals surface area contributed by atoms with Crippen LogP contribution in [0.4, 0.5) is 39.3 Å². The number of halogens is 5. The lowest BCUT2D eigenvalue weighted by Gasteiger charge is -2.19. The minimum Gasteiger partial charge on any atom is -0.382 e. The molecular formula is C22H17F5N8O. The maximum Gasteiger partial charge on any atom is 0.403 e. The number of carbonyl (C=O) groups excluding carboxylic acids is 1. The van der Waals surface area contributed by atoms with E-state index < -0.39 is 40.8 Å². The number of alkyl halides is 3. The van der Waals surface area contributed by atoms with Gasteiger partial charge in [-0.3, -0.25) is 4.79 Å². The Morgan fingerprint density at radius 1 is 1.11 bits per heavy atom. The summed E-state index contributed by atoms with van der Waals surface area (Å²) in [5.41, 5.74) is 9.40. The summed E-state index contributed by atoms with van der Waals surface area (Å²) in [5.74, 6) is -3.50. The van der Waals surface area contributed by atoms with Gasteiger partial charge < -0.3 is 16.8 Å². The summed E-state index contributed by atoms with van der Waals surface area (Å²) in [6.45, 7) is -0.0551. The molecule has 0 saturated heterocycles. The molecule has 36 heavy (non-hydrogen) atoms. The smallest absolute Gasteiger partial charge is 0.382 e. The first kappa shape index (κ1) is 23.4. The highest BCUT2D eigenvalue weighted by atomic mass is 19.4. The van der Waals surface area contributed by atoms with Gasteiger partial charge in [0.15, 0.2) is 23.1 Å². The fourth-order valence-corrected chi connectivity index (χ4v) is 3.82. The van der Waals surface area contributed by atoms with Gasteiger partial charge >= 0.3 is 6.18 Å². The van der Waals surface area contributed by atoms with Crippen LogP contribution in [0.1, 0.15) is 18.4 Å². The lowest BCUT2D eigenvalue weighted by atomic mass is 10.1. The number of anilines is 3. The van der Waals surface area contributed by atoms with Crippen molar-refractivity contribution in [1.82, 2.24) is 24.7 Å². The summed E-state index contributed by atoms with van der Waals surface area (Å²) in [7, 11) is 0. The first-order chi connectivity index (χ1) is 17.0. The molecule has 0 spiro atoms. The van der Waals surface area contributed by atoms with Crippen LogP contribution in [0, 0.1) is 17.0 Å². The number of nitrogens with zero attached hydrogens (tertiary/aromatic N) is 5. The van der Waals surface area contributed by atoms with E-state index in [1.807, 2.05) is 0 Å². The lowest BCUT2D eigenvalue weighted by Crippen LogP contribution is -2.37. The Kier molecular flexibility index (Phi) is 5.26. The number of nitrogen functional groups attached to an aromatic ring is 2. The molecule has 0 radical (unpaired) electrons. The Labute approximate surface area is 199 Å². The van der Waals surface area contributed by atoms with Crippen molar-refractivity contribution >= 4 is 34.3 Å². The molecule has 1 aliphatic carbocycles. The summed E-state index contributed by atoms with van der Waals surface area (Å²) in [5, 5.41) is 6.59. The predicted octanol–water partition coefficient (Wildman–Crippen LogP) is 3.66. The van der Waals surface area contributed by atoms with Crippen molar-refractivity contribution in [2.45, 2.75) is 25.6 Å². The zero-order valence-corrected chi connectivity index (χ0v) is 18.3. The maximum absolute atomic E-state index is 14.2. The van der Waals surface area contributed by atoms with E-state index in [0.717, 1.165) is 12.3 Å². The molecule has 0 atom stereocenters. The molecule has 5 rings (SSSR count). The molecule has 1 fully saturated rings. The highest BCUT2D eigenvalue weighted by Crippen LogP contribution is 2.58. The van der Waals surface area contributed by atoms with Crippen LogP contribution in [0.5, 0.6) is 0 Å². The minimum absolute atomic E-state index is 0.00132. The molecule has 1 saturated carbocycles. The molecule has 5 N–H and O–H groups in total. The number of pyridine rings is 1. The van der Waals surface area contributed by atoms with E-state index in [2.05, 4.69) is 25.4 Å². The molecule has 3 aromatic heterocycles. The lowest BCUT2D eigenvalue weighted by molar-refractivity contribution is -0.189. The second-order valence-corrected chi connectivity index (χ2v) is 8.35.